The fourth-order valence-corrected chi connectivity index (χ4v) is 2.71. The highest BCUT2D eigenvalue weighted by Crippen LogP contribution is 2.23. The lowest BCUT2D eigenvalue weighted by Gasteiger charge is -2.01. The summed E-state index contributed by atoms with van der Waals surface area (Å²) in [6.45, 7) is 1.96. The molecule has 2 nitrogen and oxygen atoms in total. The Balaban J connectivity index is 2.07. The summed E-state index contributed by atoms with van der Waals surface area (Å²) in [7, 11) is 0. The van der Waals surface area contributed by atoms with Crippen molar-refractivity contribution >= 4 is 32.7 Å². The number of furan rings is 1. The van der Waals surface area contributed by atoms with Gasteiger partial charge in [0.2, 0.25) is 5.78 Å². The Morgan fingerprint density at radius 1 is 1.11 bits per heavy atom. The van der Waals surface area contributed by atoms with Crippen molar-refractivity contribution in [3.8, 4) is 0 Å². The van der Waals surface area contributed by atoms with Crippen LogP contribution in [0, 0.1) is 6.92 Å². The van der Waals surface area contributed by atoms with Crippen LogP contribution in [0.25, 0.3) is 11.0 Å². The van der Waals surface area contributed by atoms with Crippen molar-refractivity contribution in [3.05, 3.63) is 69.9 Å². The lowest BCUT2D eigenvalue weighted by Crippen LogP contribution is -1.99. The van der Waals surface area contributed by atoms with Gasteiger partial charge >= 0.3 is 0 Å². The monoisotopic (exact) mass is 314 g/mol. The van der Waals surface area contributed by atoms with E-state index in [1.165, 1.54) is 0 Å². The average molecular weight is 315 g/mol. The summed E-state index contributed by atoms with van der Waals surface area (Å²) in [6, 6.07) is 15.0. The van der Waals surface area contributed by atoms with Gasteiger partial charge in [0, 0.05) is 15.4 Å². The zero-order valence-corrected chi connectivity index (χ0v) is 11.9. The third-order valence-electron chi connectivity index (χ3n) is 2.95. The van der Waals surface area contributed by atoms with E-state index >= 15 is 0 Å². The van der Waals surface area contributed by atoms with E-state index in [1.807, 2.05) is 49.4 Å². The normalized spacial score (nSPS) is 10.8. The molecule has 0 spiro atoms. The standard InChI is InChI=1S/C16H11BrO2/c1-10-6-12(8-13(17)7-10)16(18)15-9-11-4-2-3-5-14(11)19-15/h2-9H,1H3. The summed E-state index contributed by atoms with van der Waals surface area (Å²) in [5.41, 5.74) is 2.40. The van der Waals surface area contributed by atoms with Crippen molar-refractivity contribution in [2.75, 3.05) is 0 Å². The van der Waals surface area contributed by atoms with Crippen molar-refractivity contribution in [2.45, 2.75) is 6.92 Å². The first-order chi connectivity index (χ1) is 9.13. The molecule has 94 valence electrons. The van der Waals surface area contributed by atoms with Crippen LogP contribution in [0.15, 0.2) is 57.4 Å². The minimum absolute atomic E-state index is 0.0967. The Morgan fingerprint density at radius 3 is 2.63 bits per heavy atom. The molecule has 1 heterocycles. The van der Waals surface area contributed by atoms with Crippen molar-refractivity contribution in [1.82, 2.24) is 0 Å². The minimum Gasteiger partial charge on any atom is -0.453 e. The molecule has 19 heavy (non-hydrogen) atoms. The van der Waals surface area contributed by atoms with Crippen LogP contribution in [0.5, 0.6) is 0 Å². The maximum absolute atomic E-state index is 12.4. The molecule has 0 unspecified atom stereocenters. The van der Waals surface area contributed by atoms with E-state index in [2.05, 4.69) is 15.9 Å². The lowest BCUT2D eigenvalue weighted by molar-refractivity contribution is 0.101. The van der Waals surface area contributed by atoms with Gasteiger partial charge in [-0.25, -0.2) is 0 Å². The molecule has 0 saturated heterocycles. The van der Waals surface area contributed by atoms with Crippen molar-refractivity contribution in [1.29, 1.82) is 0 Å². The van der Waals surface area contributed by atoms with Gasteiger partial charge < -0.3 is 4.42 Å². The van der Waals surface area contributed by atoms with E-state index in [4.69, 9.17) is 4.42 Å². The molecule has 0 aliphatic carbocycles. The molecular formula is C16H11BrO2. The van der Waals surface area contributed by atoms with E-state index in [0.29, 0.717) is 11.3 Å². The summed E-state index contributed by atoms with van der Waals surface area (Å²) < 4.78 is 6.49. The number of hydrogen-bond donors (Lipinski definition) is 0. The Bertz CT molecular complexity index is 718. The van der Waals surface area contributed by atoms with Crippen molar-refractivity contribution < 1.29 is 9.21 Å². The van der Waals surface area contributed by atoms with Crippen molar-refractivity contribution in [3.63, 3.8) is 0 Å². The number of fused-ring (bicyclic) bond motifs is 1. The number of hydrogen-bond acceptors (Lipinski definition) is 2. The van der Waals surface area contributed by atoms with E-state index in [1.54, 1.807) is 6.07 Å². The Hall–Kier alpha value is -1.87. The summed E-state index contributed by atoms with van der Waals surface area (Å²) >= 11 is 3.41. The number of carbonyl (C=O) groups excluding carboxylic acids is 1. The second-order valence-electron chi connectivity index (χ2n) is 4.49. The highest BCUT2D eigenvalue weighted by molar-refractivity contribution is 9.10. The molecule has 0 saturated carbocycles. The van der Waals surface area contributed by atoms with Crippen LogP contribution in [-0.4, -0.2) is 5.78 Å². The molecule has 0 bridgehead atoms. The molecule has 0 amide bonds. The average Bonchev–Trinajstić information content (AvgIpc) is 2.80. The number of ketones is 1. The number of carbonyl (C=O) groups is 1. The molecule has 0 N–H and O–H groups in total. The second-order valence-corrected chi connectivity index (χ2v) is 5.41. The van der Waals surface area contributed by atoms with Gasteiger partial charge in [-0.15, -0.1) is 0 Å². The quantitative estimate of drug-likeness (QED) is 0.640. The topological polar surface area (TPSA) is 30.2 Å². The molecule has 3 heteroatoms. The molecule has 0 atom stereocenters. The third-order valence-corrected chi connectivity index (χ3v) is 3.41. The molecule has 0 aliphatic rings. The Kier molecular flexibility index (Phi) is 2.99. The van der Waals surface area contributed by atoms with Gasteiger partial charge in [-0.05, 0) is 42.8 Å². The Morgan fingerprint density at radius 2 is 1.89 bits per heavy atom. The van der Waals surface area contributed by atoms with E-state index in [0.717, 1.165) is 21.0 Å². The van der Waals surface area contributed by atoms with Crippen LogP contribution < -0.4 is 0 Å². The van der Waals surface area contributed by atoms with Crippen LogP contribution in [0.3, 0.4) is 0 Å². The summed E-state index contributed by atoms with van der Waals surface area (Å²) in [6.07, 6.45) is 0. The summed E-state index contributed by atoms with van der Waals surface area (Å²) in [4.78, 5) is 12.4. The number of halogens is 1. The summed E-state index contributed by atoms with van der Waals surface area (Å²) in [5.74, 6) is 0.277. The van der Waals surface area contributed by atoms with Gasteiger partial charge in [0.1, 0.15) is 5.58 Å². The van der Waals surface area contributed by atoms with Crippen molar-refractivity contribution in [2.24, 2.45) is 0 Å². The predicted molar refractivity (Wildman–Crippen MR) is 78.5 cm³/mol. The lowest BCUT2D eigenvalue weighted by atomic mass is 10.1. The molecule has 3 aromatic rings. The first kappa shape index (κ1) is 12.2. The molecule has 3 rings (SSSR count). The predicted octanol–water partition coefficient (Wildman–Crippen LogP) is 4.73. The number of aryl methyl sites for hydroxylation is 1. The van der Waals surface area contributed by atoms with Crippen LogP contribution in [0.1, 0.15) is 21.7 Å². The van der Waals surface area contributed by atoms with Gasteiger partial charge in [0.15, 0.2) is 5.76 Å². The zero-order valence-electron chi connectivity index (χ0n) is 10.3. The van der Waals surface area contributed by atoms with Crippen LogP contribution in [0.4, 0.5) is 0 Å². The molecule has 0 fully saturated rings. The molecule has 0 aliphatic heterocycles. The smallest absolute Gasteiger partial charge is 0.228 e. The Labute approximate surface area is 119 Å². The maximum Gasteiger partial charge on any atom is 0.228 e. The maximum atomic E-state index is 12.4. The van der Waals surface area contributed by atoms with Crippen LogP contribution in [-0.2, 0) is 0 Å². The van der Waals surface area contributed by atoms with E-state index in [-0.39, 0.29) is 5.78 Å². The minimum atomic E-state index is -0.0967. The SMILES string of the molecule is Cc1cc(Br)cc(C(=O)c2cc3ccccc3o2)c1. The van der Waals surface area contributed by atoms with Gasteiger partial charge in [-0.1, -0.05) is 34.1 Å². The number of rotatable bonds is 2. The van der Waals surface area contributed by atoms with E-state index < -0.39 is 0 Å². The van der Waals surface area contributed by atoms with Gasteiger partial charge in [0.05, 0.1) is 0 Å². The largest absolute Gasteiger partial charge is 0.453 e. The van der Waals surface area contributed by atoms with Crippen LogP contribution in [0.2, 0.25) is 0 Å². The molecule has 1 aromatic heterocycles. The molecule has 0 radical (unpaired) electrons. The zero-order chi connectivity index (χ0) is 13.4. The number of para-hydroxylation sites is 1. The molecule has 2 aromatic carbocycles. The fraction of sp³-hybridized carbons (Fsp3) is 0.0625. The highest BCUT2D eigenvalue weighted by Gasteiger charge is 2.15. The fourth-order valence-electron chi connectivity index (χ4n) is 2.10. The van der Waals surface area contributed by atoms with Gasteiger partial charge in [-0.2, -0.15) is 0 Å². The first-order valence-electron chi connectivity index (χ1n) is 5.94. The number of benzene rings is 2. The summed E-state index contributed by atoms with van der Waals surface area (Å²) in [5, 5.41) is 0.942. The van der Waals surface area contributed by atoms with E-state index in [9.17, 15) is 4.79 Å². The van der Waals surface area contributed by atoms with Gasteiger partial charge in [0.25, 0.3) is 0 Å². The molecular weight excluding hydrogens is 304 g/mol. The first-order valence-corrected chi connectivity index (χ1v) is 6.73. The van der Waals surface area contributed by atoms with Gasteiger partial charge in [-0.3, -0.25) is 4.79 Å². The highest BCUT2D eigenvalue weighted by atomic mass is 79.9. The van der Waals surface area contributed by atoms with Crippen LogP contribution >= 0.6 is 15.9 Å². The third kappa shape index (κ3) is 2.34. The second kappa shape index (κ2) is 4.67.